The van der Waals surface area contributed by atoms with E-state index in [0.29, 0.717) is 29.7 Å². The van der Waals surface area contributed by atoms with Gasteiger partial charge in [-0.15, -0.1) is 0 Å². The van der Waals surface area contributed by atoms with Gasteiger partial charge in [0.15, 0.2) is 5.78 Å². The van der Waals surface area contributed by atoms with Gasteiger partial charge in [0.25, 0.3) is 0 Å². The first-order valence-corrected chi connectivity index (χ1v) is 9.63. The minimum Gasteiger partial charge on any atom is -0.497 e. The SMILES string of the molecule is COC(=O)c1ccc2c(c1)C(c1ccc(OC)cc1)C1=C(CC(C)(C)CC1=O)O2. The van der Waals surface area contributed by atoms with Gasteiger partial charge in [-0.3, -0.25) is 4.79 Å². The van der Waals surface area contributed by atoms with Gasteiger partial charge in [0.1, 0.15) is 17.3 Å². The normalized spacial score (nSPS) is 19.7. The number of ketones is 1. The highest BCUT2D eigenvalue weighted by Crippen LogP contribution is 2.50. The zero-order valence-corrected chi connectivity index (χ0v) is 17.1. The van der Waals surface area contributed by atoms with Gasteiger partial charge in [-0.25, -0.2) is 4.79 Å². The lowest BCUT2D eigenvalue weighted by molar-refractivity contribution is -0.118. The molecule has 0 radical (unpaired) electrons. The van der Waals surface area contributed by atoms with Crippen molar-refractivity contribution in [3.63, 3.8) is 0 Å². The van der Waals surface area contributed by atoms with E-state index in [0.717, 1.165) is 22.6 Å². The summed E-state index contributed by atoms with van der Waals surface area (Å²) in [6, 6.07) is 12.9. The van der Waals surface area contributed by atoms with Crippen LogP contribution in [0.4, 0.5) is 0 Å². The van der Waals surface area contributed by atoms with Gasteiger partial charge in [0.05, 0.1) is 19.8 Å². The maximum Gasteiger partial charge on any atom is 0.337 e. The van der Waals surface area contributed by atoms with Crippen LogP contribution in [0.3, 0.4) is 0 Å². The van der Waals surface area contributed by atoms with E-state index in [1.165, 1.54) is 7.11 Å². The highest BCUT2D eigenvalue weighted by Gasteiger charge is 2.42. The maximum absolute atomic E-state index is 13.2. The number of ether oxygens (including phenoxy) is 3. The molecule has 0 aromatic heterocycles. The Morgan fingerprint density at radius 1 is 1.07 bits per heavy atom. The molecular weight excluding hydrogens is 368 g/mol. The average Bonchev–Trinajstić information content (AvgIpc) is 2.70. The largest absolute Gasteiger partial charge is 0.497 e. The molecule has 5 nitrogen and oxygen atoms in total. The molecule has 1 aliphatic carbocycles. The van der Waals surface area contributed by atoms with Crippen molar-refractivity contribution in [3.05, 3.63) is 70.5 Å². The summed E-state index contributed by atoms with van der Waals surface area (Å²) in [5.74, 6) is 1.51. The molecule has 0 N–H and O–H groups in total. The predicted octanol–water partition coefficient (Wildman–Crippen LogP) is 4.65. The molecule has 1 heterocycles. The number of carbonyl (C=O) groups is 2. The second-order valence-electron chi connectivity index (χ2n) is 8.33. The summed E-state index contributed by atoms with van der Waals surface area (Å²) in [5, 5.41) is 0. The Labute approximate surface area is 170 Å². The molecule has 1 aliphatic heterocycles. The fourth-order valence-corrected chi connectivity index (χ4v) is 4.23. The van der Waals surface area contributed by atoms with E-state index < -0.39 is 5.97 Å². The zero-order chi connectivity index (χ0) is 20.8. The zero-order valence-electron chi connectivity index (χ0n) is 17.1. The van der Waals surface area contributed by atoms with Crippen LogP contribution in [0.25, 0.3) is 0 Å². The molecule has 150 valence electrons. The van der Waals surface area contributed by atoms with Crippen molar-refractivity contribution in [1.29, 1.82) is 0 Å². The molecule has 1 unspecified atom stereocenters. The van der Waals surface area contributed by atoms with Gasteiger partial charge in [-0.05, 0) is 41.3 Å². The molecule has 0 bridgehead atoms. The number of esters is 1. The van der Waals surface area contributed by atoms with E-state index in [-0.39, 0.29) is 17.1 Å². The van der Waals surface area contributed by atoms with Gasteiger partial charge in [0.2, 0.25) is 0 Å². The number of allylic oxidation sites excluding steroid dienone is 2. The minimum absolute atomic E-state index is 0.0891. The summed E-state index contributed by atoms with van der Waals surface area (Å²) in [5.41, 5.74) is 2.72. The van der Waals surface area contributed by atoms with E-state index >= 15 is 0 Å². The van der Waals surface area contributed by atoms with Crippen molar-refractivity contribution in [2.75, 3.05) is 14.2 Å². The van der Waals surface area contributed by atoms with Gasteiger partial charge in [0, 0.05) is 29.9 Å². The van der Waals surface area contributed by atoms with E-state index in [9.17, 15) is 9.59 Å². The molecular formula is C24H24O5. The molecule has 2 aromatic carbocycles. The van der Waals surface area contributed by atoms with E-state index in [1.54, 1.807) is 25.3 Å². The number of rotatable bonds is 3. The summed E-state index contributed by atoms with van der Waals surface area (Å²) in [6.07, 6.45) is 1.16. The number of carbonyl (C=O) groups excluding carboxylic acids is 2. The van der Waals surface area contributed by atoms with E-state index in [4.69, 9.17) is 14.2 Å². The maximum atomic E-state index is 13.2. The summed E-state index contributed by atoms with van der Waals surface area (Å²) < 4.78 is 16.3. The Balaban J connectivity index is 1.90. The molecule has 0 fully saturated rings. The minimum atomic E-state index is -0.419. The molecule has 29 heavy (non-hydrogen) atoms. The Morgan fingerprint density at radius 2 is 1.79 bits per heavy atom. The monoisotopic (exact) mass is 392 g/mol. The number of benzene rings is 2. The van der Waals surface area contributed by atoms with Gasteiger partial charge in [-0.2, -0.15) is 0 Å². The molecule has 4 rings (SSSR count). The Kier molecular flexibility index (Phi) is 4.69. The van der Waals surface area contributed by atoms with Crippen LogP contribution >= 0.6 is 0 Å². The van der Waals surface area contributed by atoms with Gasteiger partial charge < -0.3 is 14.2 Å². The number of hydrogen-bond donors (Lipinski definition) is 0. The van der Waals surface area contributed by atoms with Crippen LogP contribution in [0, 0.1) is 5.41 Å². The highest BCUT2D eigenvalue weighted by atomic mass is 16.5. The lowest BCUT2D eigenvalue weighted by Gasteiger charge is -2.38. The molecule has 5 heteroatoms. The highest BCUT2D eigenvalue weighted by molar-refractivity contribution is 6.00. The van der Waals surface area contributed by atoms with Crippen molar-refractivity contribution >= 4 is 11.8 Å². The van der Waals surface area contributed by atoms with Gasteiger partial charge in [-0.1, -0.05) is 26.0 Å². The molecule has 0 spiro atoms. The second-order valence-corrected chi connectivity index (χ2v) is 8.33. The standard InChI is InChI=1S/C24H24O5/c1-24(2)12-18(25)22-20(13-24)29-19-10-7-15(23(26)28-4)11-17(19)21(22)14-5-8-16(27-3)9-6-14/h5-11,21H,12-13H2,1-4H3. The quantitative estimate of drug-likeness (QED) is 0.712. The van der Waals surface area contributed by atoms with E-state index in [2.05, 4.69) is 13.8 Å². The fourth-order valence-electron chi connectivity index (χ4n) is 4.23. The molecule has 0 amide bonds. The number of methoxy groups -OCH3 is 2. The Hall–Kier alpha value is -3.08. The fraction of sp³-hybridized carbons (Fsp3) is 0.333. The third-order valence-electron chi connectivity index (χ3n) is 5.59. The van der Waals surface area contributed by atoms with Crippen LogP contribution in [0.2, 0.25) is 0 Å². The molecule has 0 saturated heterocycles. The lowest BCUT2D eigenvalue weighted by Crippen LogP contribution is -2.33. The number of fused-ring (bicyclic) bond motifs is 1. The number of Topliss-reactive ketones (excluding diaryl/α,β-unsaturated/α-hetero) is 1. The topological polar surface area (TPSA) is 61.8 Å². The third-order valence-corrected chi connectivity index (χ3v) is 5.59. The van der Waals surface area contributed by atoms with Crippen LogP contribution in [-0.4, -0.2) is 26.0 Å². The van der Waals surface area contributed by atoms with Crippen molar-refractivity contribution < 1.29 is 23.8 Å². The second kappa shape index (κ2) is 7.07. The average molecular weight is 392 g/mol. The summed E-state index contributed by atoms with van der Waals surface area (Å²) in [7, 11) is 2.97. The van der Waals surface area contributed by atoms with Gasteiger partial charge >= 0.3 is 5.97 Å². The van der Waals surface area contributed by atoms with Crippen LogP contribution in [0.1, 0.15) is 54.1 Å². The lowest BCUT2D eigenvalue weighted by atomic mass is 9.70. The molecule has 1 atom stereocenters. The molecule has 2 aromatic rings. The summed E-state index contributed by atoms with van der Waals surface area (Å²) >= 11 is 0. The van der Waals surface area contributed by atoms with Crippen LogP contribution in [0.5, 0.6) is 11.5 Å². The first kappa shape index (κ1) is 19.2. The first-order chi connectivity index (χ1) is 13.8. The number of hydrogen-bond acceptors (Lipinski definition) is 5. The van der Waals surface area contributed by atoms with Crippen molar-refractivity contribution in [2.45, 2.75) is 32.6 Å². The summed E-state index contributed by atoms with van der Waals surface area (Å²) in [6.45, 7) is 4.16. The smallest absolute Gasteiger partial charge is 0.337 e. The molecule has 2 aliphatic rings. The summed E-state index contributed by atoms with van der Waals surface area (Å²) in [4.78, 5) is 25.3. The van der Waals surface area contributed by atoms with Crippen LogP contribution < -0.4 is 9.47 Å². The van der Waals surface area contributed by atoms with Crippen LogP contribution in [0.15, 0.2) is 53.8 Å². The predicted molar refractivity (Wildman–Crippen MR) is 108 cm³/mol. The van der Waals surface area contributed by atoms with E-state index in [1.807, 2.05) is 24.3 Å². The van der Waals surface area contributed by atoms with Crippen molar-refractivity contribution in [2.24, 2.45) is 5.41 Å². The Bertz CT molecular complexity index is 1010. The third kappa shape index (κ3) is 3.41. The van der Waals surface area contributed by atoms with Crippen molar-refractivity contribution in [1.82, 2.24) is 0 Å². The first-order valence-electron chi connectivity index (χ1n) is 9.63. The molecule has 0 saturated carbocycles. The Morgan fingerprint density at radius 3 is 2.45 bits per heavy atom. The van der Waals surface area contributed by atoms with Crippen molar-refractivity contribution in [3.8, 4) is 11.5 Å². The van der Waals surface area contributed by atoms with Crippen LogP contribution in [-0.2, 0) is 9.53 Å².